The van der Waals surface area contributed by atoms with Gasteiger partial charge in [-0.3, -0.25) is 5.41 Å². The Morgan fingerprint density at radius 3 is 2.58 bits per heavy atom. The third kappa shape index (κ3) is 2.97. The van der Waals surface area contributed by atoms with Crippen molar-refractivity contribution in [3.8, 4) is 0 Å². The first-order valence-corrected chi connectivity index (χ1v) is 5.99. The highest BCUT2D eigenvalue weighted by molar-refractivity contribution is 6.63. The molecule has 0 aromatic heterocycles. The van der Waals surface area contributed by atoms with Gasteiger partial charge in [-0.2, -0.15) is 5.10 Å². The number of nitrogens with one attached hydrogen (secondary N) is 1. The maximum atomic E-state index is 8.85. The van der Waals surface area contributed by atoms with Crippen LogP contribution in [0.2, 0.25) is 0 Å². The molecule has 19 heavy (non-hydrogen) atoms. The molecule has 0 spiro atoms. The zero-order valence-electron chi connectivity index (χ0n) is 11.0. The first kappa shape index (κ1) is 13.2. The summed E-state index contributed by atoms with van der Waals surface area (Å²) in [6, 6.07) is 7.75. The minimum Gasteiger partial charge on any atom is -0.394 e. The second-order valence-electron chi connectivity index (χ2n) is 4.35. The Labute approximate surface area is 112 Å². The number of amidine groups is 1. The van der Waals surface area contributed by atoms with Crippen molar-refractivity contribution in [1.29, 1.82) is 5.41 Å². The van der Waals surface area contributed by atoms with Crippen molar-refractivity contribution >= 4 is 29.1 Å². The number of hydrogen-bond acceptors (Lipinski definition) is 5. The van der Waals surface area contributed by atoms with Crippen LogP contribution < -0.4 is 4.90 Å². The lowest BCUT2D eigenvalue weighted by Gasteiger charge is -2.12. The predicted octanol–water partition coefficient (Wildman–Crippen LogP) is 1.10. The van der Waals surface area contributed by atoms with E-state index in [1.54, 1.807) is 0 Å². The minimum atomic E-state index is -0.0372. The van der Waals surface area contributed by atoms with Crippen LogP contribution in [0.3, 0.4) is 0 Å². The van der Waals surface area contributed by atoms with Crippen LogP contribution in [-0.4, -0.2) is 55.1 Å². The quantitative estimate of drug-likeness (QED) is 0.850. The summed E-state index contributed by atoms with van der Waals surface area (Å²) in [6.07, 6.45) is 1.54. The summed E-state index contributed by atoms with van der Waals surface area (Å²) >= 11 is 0. The minimum absolute atomic E-state index is 0.0372. The highest BCUT2D eigenvalue weighted by atomic mass is 16.3. The normalized spacial score (nSPS) is 16.5. The van der Waals surface area contributed by atoms with Gasteiger partial charge in [-0.1, -0.05) is 0 Å². The number of hydrogen-bond donors (Lipinski definition) is 2. The highest BCUT2D eigenvalue weighted by Crippen LogP contribution is 2.19. The van der Waals surface area contributed by atoms with Crippen molar-refractivity contribution in [3.63, 3.8) is 0 Å². The van der Waals surface area contributed by atoms with E-state index in [2.05, 4.69) is 10.1 Å². The van der Waals surface area contributed by atoms with E-state index in [1.165, 1.54) is 11.2 Å². The van der Waals surface area contributed by atoms with Gasteiger partial charge in [-0.25, -0.2) is 10.0 Å². The van der Waals surface area contributed by atoms with Crippen molar-refractivity contribution in [1.82, 2.24) is 5.01 Å². The Kier molecular flexibility index (Phi) is 3.91. The molecule has 0 saturated heterocycles. The zero-order chi connectivity index (χ0) is 13.8. The first-order valence-electron chi connectivity index (χ1n) is 5.99. The summed E-state index contributed by atoms with van der Waals surface area (Å²) in [7, 11) is 3.96. The van der Waals surface area contributed by atoms with Crippen molar-refractivity contribution in [2.24, 2.45) is 10.1 Å². The van der Waals surface area contributed by atoms with E-state index in [9.17, 15) is 0 Å². The van der Waals surface area contributed by atoms with Crippen LogP contribution in [0, 0.1) is 5.41 Å². The Hall–Kier alpha value is -2.21. The molecule has 0 fully saturated rings. The van der Waals surface area contributed by atoms with Crippen molar-refractivity contribution in [2.75, 3.05) is 32.1 Å². The lowest BCUT2D eigenvalue weighted by molar-refractivity contribution is 0.255. The molecule has 0 amide bonds. The van der Waals surface area contributed by atoms with Crippen LogP contribution in [-0.2, 0) is 0 Å². The van der Waals surface area contributed by atoms with E-state index in [1.807, 2.05) is 43.3 Å². The van der Waals surface area contributed by atoms with Crippen molar-refractivity contribution in [2.45, 2.75) is 0 Å². The second-order valence-corrected chi connectivity index (χ2v) is 4.35. The van der Waals surface area contributed by atoms with Crippen molar-refractivity contribution in [3.05, 3.63) is 24.3 Å². The smallest absolute Gasteiger partial charge is 0.169 e. The molecule has 100 valence electrons. The van der Waals surface area contributed by atoms with Crippen LogP contribution in [0.15, 0.2) is 34.4 Å². The summed E-state index contributed by atoms with van der Waals surface area (Å²) < 4.78 is 0. The van der Waals surface area contributed by atoms with Gasteiger partial charge in [0.05, 0.1) is 25.1 Å². The van der Waals surface area contributed by atoms with Crippen molar-refractivity contribution < 1.29 is 5.11 Å². The summed E-state index contributed by atoms with van der Waals surface area (Å²) in [5, 5.41) is 22.2. The van der Waals surface area contributed by atoms with E-state index in [-0.39, 0.29) is 12.4 Å². The molecule has 1 aliphatic rings. The molecule has 0 radical (unpaired) electrons. The molecule has 0 bridgehead atoms. The fraction of sp³-hybridized carbons (Fsp3) is 0.308. The lowest BCUT2D eigenvalue weighted by Crippen LogP contribution is -2.28. The molecule has 2 rings (SSSR count). The van der Waals surface area contributed by atoms with Crippen LogP contribution in [0.4, 0.5) is 11.4 Å². The molecule has 6 heteroatoms. The van der Waals surface area contributed by atoms with Gasteiger partial charge in [-0.15, -0.1) is 0 Å². The van der Waals surface area contributed by atoms with E-state index in [0.717, 1.165) is 11.4 Å². The van der Waals surface area contributed by atoms with Gasteiger partial charge >= 0.3 is 0 Å². The van der Waals surface area contributed by atoms with Gasteiger partial charge < -0.3 is 10.0 Å². The summed E-state index contributed by atoms with van der Waals surface area (Å²) in [5.74, 6) is 0.214. The van der Waals surface area contributed by atoms with Gasteiger partial charge in [0.2, 0.25) is 0 Å². The molecule has 1 heterocycles. The number of nitrogens with zero attached hydrogens (tertiary/aromatic N) is 4. The number of benzene rings is 1. The number of β-amino-alcohol motifs (C(OH)–C–C–N with tert-alkyl or cyclic N) is 1. The fourth-order valence-electron chi connectivity index (χ4n) is 1.69. The number of anilines is 1. The topological polar surface area (TPSA) is 75.3 Å². The molecule has 0 unspecified atom stereocenters. The van der Waals surface area contributed by atoms with Crippen LogP contribution in [0.1, 0.15) is 0 Å². The first-order chi connectivity index (χ1) is 9.11. The Balaban J connectivity index is 2.14. The average molecular weight is 259 g/mol. The Bertz CT molecular complexity index is 518. The van der Waals surface area contributed by atoms with Gasteiger partial charge in [0, 0.05) is 19.8 Å². The molecule has 0 atom stereocenters. The van der Waals surface area contributed by atoms with E-state index in [4.69, 9.17) is 10.5 Å². The van der Waals surface area contributed by atoms with Gasteiger partial charge in [0.25, 0.3) is 0 Å². The molecular weight excluding hydrogens is 242 g/mol. The number of rotatable bonds is 4. The third-order valence-corrected chi connectivity index (χ3v) is 2.75. The molecule has 2 N–H and O–H groups in total. The molecular formula is C13H17N5O. The largest absolute Gasteiger partial charge is 0.394 e. The van der Waals surface area contributed by atoms with Gasteiger partial charge in [-0.05, 0) is 24.3 Å². The molecule has 6 nitrogen and oxygen atoms in total. The van der Waals surface area contributed by atoms with Crippen LogP contribution >= 0.6 is 0 Å². The fourth-order valence-corrected chi connectivity index (χ4v) is 1.69. The van der Waals surface area contributed by atoms with Crippen LogP contribution in [0.25, 0.3) is 0 Å². The second kappa shape index (κ2) is 5.62. The van der Waals surface area contributed by atoms with E-state index < -0.39 is 0 Å². The Morgan fingerprint density at radius 2 is 2.00 bits per heavy atom. The predicted molar refractivity (Wildman–Crippen MR) is 77.9 cm³/mol. The highest BCUT2D eigenvalue weighted by Gasteiger charge is 2.19. The Morgan fingerprint density at radius 1 is 1.32 bits per heavy atom. The van der Waals surface area contributed by atoms with E-state index in [0.29, 0.717) is 12.3 Å². The molecule has 0 aliphatic carbocycles. The molecule has 0 saturated carbocycles. The standard InChI is InChI=1S/C13H17N5O/c1-17(2)11-5-3-10(4-6-11)16-12-9-15-18(7-8-19)13(12)14/h3-6,9,14,19H,7-8H2,1-2H3. The number of aliphatic hydroxyl groups excluding tert-OH is 1. The summed E-state index contributed by atoms with van der Waals surface area (Å²) in [5.41, 5.74) is 2.38. The maximum absolute atomic E-state index is 8.85. The number of hydrazone groups is 1. The monoisotopic (exact) mass is 259 g/mol. The van der Waals surface area contributed by atoms with Crippen LogP contribution in [0.5, 0.6) is 0 Å². The lowest BCUT2D eigenvalue weighted by atomic mass is 10.2. The average Bonchev–Trinajstić information content (AvgIpc) is 2.73. The molecule has 1 aromatic carbocycles. The number of aliphatic hydroxyl groups is 1. The van der Waals surface area contributed by atoms with E-state index >= 15 is 0 Å². The molecule has 1 aromatic rings. The number of aliphatic imine (C=N–C) groups is 1. The summed E-state index contributed by atoms with van der Waals surface area (Å²) in [6.45, 7) is 0.276. The van der Waals surface area contributed by atoms with Gasteiger partial charge in [0.15, 0.2) is 5.84 Å². The summed E-state index contributed by atoms with van der Waals surface area (Å²) in [4.78, 5) is 6.39. The molecule has 1 aliphatic heterocycles. The maximum Gasteiger partial charge on any atom is 0.169 e. The SMILES string of the molecule is CN(C)c1ccc(N=C2C=NN(CCO)C2=N)cc1. The van der Waals surface area contributed by atoms with Gasteiger partial charge in [0.1, 0.15) is 5.71 Å². The third-order valence-electron chi connectivity index (χ3n) is 2.75. The zero-order valence-corrected chi connectivity index (χ0v) is 11.0.